The van der Waals surface area contributed by atoms with E-state index in [1.165, 1.54) is 68.2 Å². The van der Waals surface area contributed by atoms with Gasteiger partial charge in [-0.15, -0.1) is 11.3 Å². The summed E-state index contributed by atoms with van der Waals surface area (Å²) in [5.74, 6) is 1.73. The van der Waals surface area contributed by atoms with Crippen LogP contribution < -0.4 is 0 Å². The van der Waals surface area contributed by atoms with Crippen molar-refractivity contribution >= 4 is 11.3 Å². The molecule has 2 heterocycles. The summed E-state index contributed by atoms with van der Waals surface area (Å²) in [5, 5.41) is 2.12. The van der Waals surface area contributed by atoms with Crippen molar-refractivity contribution in [2.45, 2.75) is 70.6 Å². The van der Waals surface area contributed by atoms with Crippen molar-refractivity contribution in [2.24, 2.45) is 5.92 Å². The van der Waals surface area contributed by atoms with Gasteiger partial charge in [0.15, 0.2) is 0 Å². The number of aromatic nitrogens is 1. The third-order valence-electron chi connectivity index (χ3n) is 5.34. The molecule has 0 bridgehead atoms. The summed E-state index contributed by atoms with van der Waals surface area (Å²) in [4.78, 5) is 5.97. The molecule has 0 saturated heterocycles. The molecule has 3 rings (SSSR count). The van der Waals surface area contributed by atoms with Crippen molar-refractivity contribution in [3.05, 3.63) is 41.4 Å². The molecule has 0 atom stereocenters. The van der Waals surface area contributed by atoms with Crippen LogP contribution in [-0.4, -0.2) is 4.98 Å². The summed E-state index contributed by atoms with van der Waals surface area (Å²) >= 11 is 1.77. The normalized spacial score (nSPS) is 21.4. The van der Waals surface area contributed by atoms with Crippen LogP contribution in [0, 0.1) is 5.92 Å². The molecular formula is C21H29NS. The number of nitrogens with zero attached hydrogens (tertiary/aromatic N) is 1. The highest BCUT2D eigenvalue weighted by Gasteiger charge is 2.22. The van der Waals surface area contributed by atoms with Gasteiger partial charge >= 0.3 is 0 Å². The van der Waals surface area contributed by atoms with E-state index >= 15 is 0 Å². The third-order valence-corrected chi connectivity index (χ3v) is 6.24. The van der Waals surface area contributed by atoms with Crippen LogP contribution in [0.4, 0.5) is 0 Å². The Morgan fingerprint density at radius 3 is 2.57 bits per heavy atom. The molecule has 1 aliphatic carbocycles. The Kier molecular flexibility index (Phi) is 6.27. The van der Waals surface area contributed by atoms with Gasteiger partial charge in [0.25, 0.3) is 0 Å². The Balaban J connectivity index is 1.48. The lowest BCUT2D eigenvalue weighted by atomic mass is 9.77. The first-order chi connectivity index (χ1) is 11.4. The van der Waals surface area contributed by atoms with Gasteiger partial charge < -0.3 is 0 Å². The zero-order valence-electron chi connectivity index (χ0n) is 14.3. The van der Waals surface area contributed by atoms with E-state index in [2.05, 4.69) is 42.8 Å². The third kappa shape index (κ3) is 4.67. The molecule has 0 aliphatic heterocycles. The van der Waals surface area contributed by atoms with Crippen LogP contribution in [0.3, 0.4) is 0 Å². The van der Waals surface area contributed by atoms with E-state index in [1.54, 1.807) is 11.3 Å². The summed E-state index contributed by atoms with van der Waals surface area (Å²) in [6.45, 7) is 2.29. The Labute approximate surface area is 145 Å². The van der Waals surface area contributed by atoms with Crippen LogP contribution in [0.25, 0.3) is 10.6 Å². The molecule has 0 unspecified atom stereocenters. The van der Waals surface area contributed by atoms with Crippen molar-refractivity contribution < 1.29 is 0 Å². The van der Waals surface area contributed by atoms with Crippen LogP contribution >= 0.6 is 11.3 Å². The number of hydrogen-bond acceptors (Lipinski definition) is 2. The molecule has 0 radical (unpaired) electrons. The SMILES string of the molecule is CCCCCCC1CCC(c2ccc(-c3cccs3)nc2)CC1. The lowest BCUT2D eigenvalue weighted by molar-refractivity contribution is 0.302. The highest BCUT2D eigenvalue weighted by molar-refractivity contribution is 7.13. The second-order valence-electron chi connectivity index (χ2n) is 7.02. The van der Waals surface area contributed by atoms with Crippen LogP contribution in [0.15, 0.2) is 35.8 Å². The molecule has 23 heavy (non-hydrogen) atoms. The summed E-state index contributed by atoms with van der Waals surface area (Å²) < 4.78 is 0. The van der Waals surface area contributed by atoms with E-state index in [4.69, 9.17) is 4.98 Å². The molecule has 2 heteroatoms. The van der Waals surface area contributed by atoms with Gasteiger partial charge in [-0.2, -0.15) is 0 Å². The van der Waals surface area contributed by atoms with Crippen LogP contribution in [0.2, 0.25) is 0 Å². The average Bonchev–Trinajstić information content (AvgIpc) is 3.14. The Morgan fingerprint density at radius 1 is 1.04 bits per heavy atom. The van der Waals surface area contributed by atoms with E-state index in [0.29, 0.717) is 0 Å². The fraction of sp³-hybridized carbons (Fsp3) is 0.571. The van der Waals surface area contributed by atoms with Crippen molar-refractivity contribution in [1.82, 2.24) is 4.98 Å². The molecule has 1 nitrogen and oxygen atoms in total. The predicted octanol–water partition coefficient (Wildman–Crippen LogP) is 7.05. The molecule has 2 aromatic heterocycles. The molecule has 1 saturated carbocycles. The number of rotatable bonds is 7. The molecular weight excluding hydrogens is 298 g/mol. The topological polar surface area (TPSA) is 12.9 Å². The van der Waals surface area contributed by atoms with Crippen molar-refractivity contribution in [3.8, 4) is 10.6 Å². The first kappa shape index (κ1) is 16.7. The molecule has 0 aromatic carbocycles. The molecule has 0 amide bonds. The molecule has 124 valence electrons. The number of unbranched alkanes of at least 4 members (excludes halogenated alkanes) is 3. The first-order valence-electron chi connectivity index (χ1n) is 9.36. The molecule has 1 aliphatic rings. The van der Waals surface area contributed by atoms with Crippen LogP contribution in [-0.2, 0) is 0 Å². The maximum Gasteiger partial charge on any atom is 0.0801 e. The first-order valence-corrected chi connectivity index (χ1v) is 10.2. The van der Waals surface area contributed by atoms with Gasteiger partial charge in [-0.3, -0.25) is 4.98 Å². The minimum atomic E-state index is 0.742. The summed E-state index contributed by atoms with van der Waals surface area (Å²) in [7, 11) is 0. The van der Waals surface area contributed by atoms with Crippen molar-refractivity contribution in [1.29, 1.82) is 0 Å². The van der Waals surface area contributed by atoms with Crippen LogP contribution in [0.1, 0.15) is 76.2 Å². The Morgan fingerprint density at radius 2 is 1.91 bits per heavy atom. The zero-order chi connectivity index (χ0) is 15.9. The van der Waals surface area contributed by atoms with E-state index < -0.39 is 0 Å². The summed E-state index contributed by atoms with van der Waals surface area (Å²) in [6.07, 6.45) is 14.8. The summed E-state index contributed by atoms with van der Waals surface area (Å²) in [6, 6.07) is 8.76. The van der Waals surface area contributed by atoms with Gasteiger partial charge in [0.2, 0.25) is 0 Å². The monoisotopic (exact) mass is 327 g/mol. The van der Waals surface area contributed by atoms with E-state index in [-0.39, 0.29) is 0 Å². The Hall–Kier alpha value is -1.15. The maximum atomic E-state index is 4.70. The molecule has 0 N–H and O–H groups in total. The van der Waals surface area contributed by atoms with Gasteiger partial charge in [-0.25, -0.2) is 0 Å². The van der Waals surface area contributed by atoms with E-state index in [0.717, 1.165) is 17.5 Å². The molecule has 2 aromatic rings. The minimum Gasteiger partial charge on any atom is -0.255 e. The fourth-order valence-electron chi connectivity index (χ4n) is 3.86. The van der Waals surface area contributed by atoms with Gasteiger partial charge in [0, 0.05) is 6.20 Å². The lowest BCUT2D eigenvalue weighted by Gasteiger charge is -2.28. The second kappa shape index (κ2) is 8.63. The number of thiophene rings is 1. The lowest BCUT2D eigenvalue weighted by Crippen LogP contribution is -2.13. The minimum absolute atomic E-state index is 0.742. The average molecular weight is 328 g/mol. The zero-order valence-corrected chi connectivity index (χ0v) is 15.2. The van der Waals surface area contributed by atoms with Gasteiger partial charge in [0.1, 0.15) is 0 Å². The number of pyridine rings is 1. The molecule has 1 fully saturated rings. The van der Waals surface area contributed by atoms with Crippen molar-refractivity contribution in [2.75, 3.05) is 0 Å². The standard InChI is InChI=1S/C21H29NS/c1-2-3-4-5-7-17-9-11-18(12-10-17)19-13-14-20(22-16-19)21-8-6-15-23-21/h6,8,13-18H,2-5,7,9-12H2,1H3. The second-order valence-corrected chi connectivity index (χ2v) is 7.97. The van der Waals surface area contributed by atoms with E-state index in [9.17, 15) is 0 Å². The number of hydrogen-bond donors (Lipinski definition) is 0. The van der Waals surface area contributed by atoms with Gasteiger partial charge in [-0.05, 0) is 60.6 Å². The van der Waals surface area contributed by atoms with Crippen molar-refractivity contribution in [3.63, 3.8) is 0 Å². The largest absolute Gasteiger partial charge is 0.255 e. The fourth-order valence-corrected chi connectivity index (χ4v) is 4.56. The summed E-state index contributed by atoms with van der Waals surface area (Å²) in [5.41, 5.74) is 2.57. The van der Waals surface area contributed by atoms with Gasteiger partial charge in [0.05, 0.1) is 10.6 Å². The van der Waals surface area contributed by atoms with Gasteiger partial charge in [-0.1, -0.05) is 51.2 Å². The maximum absolute atomic E-state index is 4.70. The smallest absolute Gasteiger partial charge is 0.0801 e. The Bertz CT molecular complexity index is 550. The quantitative estimate of drug-likeness (QED) is 0.496. The van der Waals surface area contributed by atoms with E-state index in [1.807, 2.05) is 0 Å². The highest BCUT2D eigenvalue weighted by Crippen LogP contribution is 2.38. The predicted molar refractivity (Wildman–Crippen MR) is 101 cm³/mol. The molecule has 0 spiro atoms. The van der Waals surface area contributed by atoms with Crippen LogP contribution in [0.5, 0.6) is 0 Å². The highest BCUT2D eigenvalue weighted by atomic mass is 32.1.